The Morgan fingerprint density at radius 1 is 1.19 bits per heavy atom. The highest BCUT2D eigenvalue weighted by atomic mass is 32.2. The maximum Gasteiger partial charge on any atom is 0.248 e. The molecule has 1 aromatic carbocycles. The van der Waals surface area contributed by atoms with Gasteiger partial charge in [-0.15, -0.1) is 10.2 Å². The molecule has 0 aliphatic heterocycles. The monoisotopic (exact) mass is 389 g/mol. The average Bonchev–Trinajstić information content (AvgIpc) is 3.30. The molecule has 0 saturated carbocycles. The summed E-state index contributed by atoms with van der Waals surface area (Å²) in [6, 6.07) is 10.1. The molecule has 2 amide bonds. The van der Waals surface area contributed by atoms with Crippen LogP contribution in [-0.4, -0.2) is 27.8 Å². The maximum atomic E-state index is 12.0. The van der Waals surface area contributed by atoms with E-state index in [0.29, 0.717) is 27.3 Å². The van der Waals surface area contributed by atoms with Gasteiger partial charge in [0.15, 0.2) is 4.34 Å². The second-order valence-corrected chi connectivity index (χ2v) is 7.28. The Labute approximate surface area is 157 Å². The van der Waals surface area contributed by atoms with Gasteiger partial charge in [0.1, 0.15) is 5.76 Å². The number of anilines is 2. The molecule has 0 saturated heterocycles. The zero-order valence-electron chi connectivity index (χ0n) is 13.5. The van der Waals surface area contributed by atoms with Crippen molar-refractivity contribution in [3.8, 4) is 0 Å². The standard InChI is InChI=1S/C16H15N5O3S2/c17-14(23)10-3-5-11(6-4-10)19-13(22)9-25-16-21-20-15(26-16)18-8-12-2-1-7-24-12/h1-7H,8-9H2,(H2,17,23)(H,18,20)(H,19,22). The Hall–Kier alpha value is -2.85. The van der Waals surface area contributed by atoms with Crippen LogP contribution in [0.2, 0.25) is 0 Å². The smallest absolute Gasteiger partial charge is 0.248 e. The summed E-state index contributed by atoms with van der Waals surface area (Å²) in [5.74, 6) is 0.314. The highest BCUT2D eigenvalue weighted by Gasteiger charge is 2.09. The lowest BCUT2D eigenvalue weighted by molar-refractivity contribution is -0.113. The van der Waals surface area contributed by atoms with E-state index in [0.717, 1.165) is 5.76 Å². The van der Waals surface area contributed by atoms with E-state index in [4.69, 9.17) is 10.2 Å². The first kappa shape index (κ1) is 18.0. The van der Waals surface area contributed by atoms with Gasteiger partial charge < -0.3 is 20.8 Å². The van der Waals surface area contributed by atoms with Crippen molar-refractivity contribution >= 4 is 45.7 Å². The number of nitrogens with two attached hydrogens (primary N) is 1. The van der Waals surface area contributed by atoms with Crippen molar-refractivity contribution < 1.29 is 14.0 Å². The van der Waals surface area contributed by atoms with E-state index in [1.807, 2.05) is 12.1 Å². The Kier molecular flexibility index (Phi) is 5.87. The molecule has 0 fully saturated rings. The van der Waals surface area contributed by atoms with Gasteiger partial charge in [0.2, 0.25) is 16.9 Å². The Morgan fingerprint density at radius 2 is 2.00 bits per heavy atom. The van der Waals surface area contributed by atoms with Crippen LogP contribution in [0.4, 0.5) is 10.8 Å². The quantitative estimate of drug-likeness (QED) is 0.506. The fourth-order valence-electron chi connectivity index (χ4n) is 1.96. The molecule has 3 rings (SSSR count). The molecule has 0 unspecified atom stereocenters. The van der Waals surface area contributed by atoms with Crippen LogP contribution in [0.15, 0.2) is 51.4 Å². The molecule has 8 nitrogen and oxygen atoms in total. The maximum absolute atomic E-state index is 12.0. The number of aromatic nitrogens is 2. The van der Waals surface area contributed by atoms with Gasteiger partial charge in [-0.25, -0.2) is 0 Å². The average molecular weight is 389 g/mol. The summed E-state index contributed by atoms with van der Waals surface area (Å²) in [6.07, 6.45) is 1.61. The largest absolute Gasteiger partial charge is 0.467 e. The highest BCUT2D eigenvalue weighted by Crippen LogP contribution is 2.26. The lowest BCUT2D eigenvalue weighted by Crippen LogP contribution is -2.14. The number of hydrogen-bond donors (Lipinski definition) is 3. The minimum Gasteiger partial charge on any atom is -0.467 e. The molecule has 0 aliphatic rings. The summed E-state index contributed by atoms with van der Waals surface area (Å²) in [4.78, 5) is 23.0. The van der Waals surface area contributed by atoms with Crippen molar-refractivity contribution in [2.45, 2.75) is 10.9 Å². The van der Waals surface area contributed by atoms with Crippen molar-refractivity contribution in [1.82, 2.24) is 10.2 Å². The normalized spacial score (nSPS) is 10.5. The van der Waals surface area contributed by atoms with Gasteiger partial charge in [-0.2, -0.15) is 0 Å². The third-order valence-corrected chi connectivity index (χ3v) is 5.19. The molecule has 2 heterocycles. The number of thioether (sulfide) groups is 1. The number of hydrogen-bond acceptors (Lipinski definition) is 8. The molecule has 10 heteroatoms. The summed E-state index contributed by atoms with van der Waals surface area (Å²) in [5, 5.41) is 14.6. The van der Waals surface area contributed by atoms with E-state index in [9.17, 15) is 9.59 Å². The van der Waals surface area contributed by atoms with Crippen LogP contribution in [0.1, 0.15) is 16.1 Å². The fraction of sp³-hybridized carbons (Fsp3) is 0.125. The minimum atomic E-state index is -0.508. The van der Waals surface area contributed by atoms with Crippen LogP contribution in [0.25, 0.3) is 0 Å². The van der Waals surface area contributed by atoms with Crippen LogP contribution in [0.3, 0.4) is 0 Å². The Bertz CT molecular complexity index is 878. The van der Waals surface area contributed by atoms with Crippen LogP contribution in [-0.2, 0) is 11.3 Å². The summed E-state index contributed by atoms with van der Waals surface area (Å²) in [5.41, 5.74) is 6.16. The second-order valence-electron chi connectivity index (χ2n) is 5.08. The molecule has 0 bridgehead atoms. The molecule has 134 valence electrons. The topological polar surface area (TPSA) is 123 Å². The van der Waals surface area contributed by atoms with Crippen molar-refractivity contribution in [2.24, 2.45) is 5.73 Å². The third-order valence-electron chi connectivity index (χ3n) is 3.18. The molecule has 3 aromatic rings. The number of nitrogens with one attached hydrogen (secondary N) is 2. The Balaban J connectivity index is 1.44. The van der Waals surface area contributed by atoms with Gasteiger partial charge in [0.25, 0.3) is 0 Å². The lowest BCUT2D eigenvalue weighted by Gasteiger charge is -2.04. The van der Waals surface area contributed by atoms with Gasteiger partial charge in [0.05, 0.1) is 18.6 Å². The molecular weight excluding hydrogens is 374 g/mol. The molecule has 0 atom stereocenters. The zero-order valence-corrected chi connectivity index (χ0v) is 15.1. The zero-order chi connectivity index (χ0) is 18.4. The number of primary amides is 1. The molecule has 26 heavy (non-hydrogen) atoms. The van der Waals surface area contributed by atoms with Crippen LogP contribution in [0.5, 0.6) is 0 Å². The summed E-state index contributed by atoms with van der Waals surface area (Å²) >= 11 is 2.66. The number of nitrogens with zero attached hydrogens (tertiary/aromatic N) is 2. The molecule has 0 aliphatic carbocycles. The lowest BCUT2D eigenvalue weighted by atomic mass is 10.2. The number of carbonyl (C=O) groups is 2. The van der Waals surface area contributed by atoms with Crippen LogP contribution < -0.4 is 16.4 Å². The van der Waals surface area contributed by atoms with Gasteiger partial charge in [-0.05, 0) is 36.4 Å². The summed E-state index contributed by atoms with van der Waals surface area (Å²) in [6.45, 7) is 0.522. The first-order chi connectivity index (χ1) is 12.6. The van der Waals surface area contributed by atoms with E-state index < -0.39 is 5.91 Å². The van der Waals surface area contributed by atoms with Crippen molar-refractivity contribution in [3.63, 3.8) is 0 Å². The summed E-state index contributed by atoms with van der Waals surface area (Å²) < 4.78 is 5.91. The van der Waals surface area contributed by atoms with Crippen LogP contribution in [0, 0.1) is 0 Å². The van der Waals surface area contributed by atoms with E-state index in [1.54, 1.807) is 30.5 Å². The van der Waals surface area contributed by atoms with E-state index in [1.165, 1.54) is 23.1 Å². The predicted octanol–water partition coefficient (Wildman–Crippen LogP) is 2.57. The number of amides is 2. The van der Waals surface area contributed by atoms with Gasteiger partial charge in [-0.3, -0.25) is 9.59 Å². The van der Waals surface area contributed by atoms with Gasteiger partial charge in [0, 0.05) is 11.3 Å². The molecule has 2 aromatic heterocycles. The predicted molar refractivity (Wildman–Crippen MR) is 100 cm³/mol. The van der Waals surface area contributed by atoms with Crippen molar-refractivity contribution in [3.05, 3.63) is 54.0 Å². The SMILES string of the molecule is NC(=O)c1ccc(NC(=O)CSc2nnc(NCc3ccco3)s2)cc1. The van der Waals surface area contributed by atoms with Crippen molar-refractivity contribution in [2.75, 3.05) is 16.4 Å². The van der Waals surface area contributed by atoms with Crippen molar-refractivity contribution in [1.29, 1.82) is 0 Å². The second kappa shape index (κ2) is 8.50. The van der Waals surface area contributed by atoms with E-state index in [2.05, 4.69) is 20.8 Å². The first-order valence-electron chi connectivity index (χ1n) is 7.52. The highest BCUT2D eigenvalue weighted by molar-refractivity contribution is 8.01. The van der Waals surface area contributed by atoms with E-state index >= 15 is 0 Å². The number of benzene rings is 1. The van der Waals surface area contributed by atoms with Gasteiger partial charge >= 0.3 is 0 Å². The molecule has 4 N–H and O–H groups in total. The first-order valence-corrected chi connectivity index (χ1v) is 9.32. The molecule has 0 spiro atoms. The number of furan rings is 1. The minimum absolute atomic E-state index is 0.179. The Morgan fingerprint density at radius 3 is 2.69 bits per heavy atom. The van der Waals surface area contributed by atoms with Crippen LogP contribution >= 0.6 is 23.1 Å². The third kappa shape index (κ3) is 5.07. The summed E-state index contributed by atoms with van der Waals surface area (Å²) in [7, 11) is 0. The van der Waals surface area contributed by atoms with Gasteiger partial charge in [-0.1, -0.05) is 23.1 Å². The molecule has 0 radical (unpaired) electrons. The number of rotatable bonds is 8. The van der Waals surface area contributed by atoms with E-state index in [-0.39, 0.29) is 11.7 Å². The number of carbonyl (C=O) groups excluding carboxylic acids is 2. The fourth-order valence-corrected chi connectivity index (χ4v) is 3.51. The molecular formula is C16H15N5O3S2.